The molecule has 0 aromatic carbocycles. The van der Waals surface area contributed by atoms with Crippen molar-refractivity contribution in [2.75, 3.05) is 13.7 Å². The maximum atomic E-state index is 11.4. The standard InChI is InChI=1S/C18H26O2/c1-13(2)16-8-7-14(3)17(16)10-18(12-20-4)9-5-6-15(18)11-19/h5-6,9,11,14,16-17H,1,7-8,10,12H2,2-4H3/t14-,16+,17-,18?/m1/s1. The van der Waals surface area contributed by atoms with Gasteiger partial charge in [-0.1, -0.05) is 37.3 Å². The van der Waals surface area contributed by atoms with Gasteiger partial charge >= 0.3 is 0 Å². The molecule has 0 radical (unpaired) electrons. The number of rotatable bonds is 6. The fraction of sp³-hybridized carbons (Fsp3) is 0.611. The second-order valence-electron chi connectivity index (χ2n) is 6.56. The number of carbonyl (C=O) groups is 1. The van der Waals surface area contributed by atoms with Gasteiger partial charge in [0.1, 0.15) is 6.29 Å². The third-order valence-electron chi connectivity index (χ3n) is 5.21. The van der Waals surface area contributed by atoms with Gasteiger partial charge in [0.05, 0.1) is 6.61 Å². The fourth-order valence-electron chi connectivity index (χ4n) is 4.03. The number of hydrogen-bond acceptors (Lipinski definition) is 2. The van der Waals surface area contributed by atoms with Crippen molar-refractivity contribution >= 4 is 6.29 Å². The summed E-state index contributed by atoms with van der Waals surface area (Å²) in [6, 6.07) is 0. The van der Waals surface area contributed by atoms with Crippen LogP contribution in [0.15, 0.2) is 36.0 Å². The molecule has 0 bridgehead atoms. The van der Waals surface area contributed by atoms with E-state index >= 15 is 0 Å². The van der Waals surface area contributed by atoms with E-state index in [4.69, 9.17) is 4.74 Å². The van der Waals surface area contributed by atoms with E-state index in [0.717, 1.165) is 18.3 Å². The van der Waals surface area contributed by atoms with Crippen LogP contribution in [0, 0.1) is 23.2 Å². The molecule has 0 aromatic rings. The molecule has 1 fully saturated rings. The first-order chi connectivity index (χ1) is 9.54. The Morgan fingerprint density at radius 1 is 1.55 bits per heavy atom. The minimum absolute atomic E-state index is 0.229. The van der Waals surface area contributed by atoms with Crippen LogP contribution in [0.25, 0.3) is 0 Å². The zero-order valence-electron chi connectivity index (χ0n) is 12.9. The van der Waals surface area contributed by atoms with Gasteiger partial charge in [-0.2, -0.15) is 0 Å². The first-order valence-electron chi connectivity index (χ1n) is 7.53. The molecule has 2 aliphatic rings. The lowest BCUT2D eigenvalue weighted by Crippen LogP contribution is -2.31. The molecule has 0 saturated heterocycles. The van der Waals surface area contributed by atoms with Crippen LogP contribution in [-0.4, -0.2) is 20.0 Å². The van der Waals surface area contributed by atoms with Gasteiger partial charge in [-0.25, -0.2) is 0 Å². The van der Waals surface area contributed by atoms with Crippen LogP contribution in [-0.2, 0) is 9.53 Å². The molecule has 2 heteroatoms. The normalized spacial score (nSPS) is 36.1. The van der Waals surface area contributed by atoms with Gasteiger partial charge in [-0.15, -0.1) is 0 Å². The quantitative estimate of drug-likeness (QED) is 0.541. The average Bonchev–Trinajstić information content (AvgIpc) is 2.95. The van der Waals surface area contributed by atoms with E-state index in [1.807, 2.05) is 12.2 Å². The highest BCUT2D eigenvalue weighted by Gasteiger charge is 2.42. The second-order valence-corrected chi connectivity index (χ2v) is 6.56. The first kappa shape index (κ1) is 15.2. The van der Waals surface area contributed by atoms with Gasteiger partial charge in [0.25, 0.3) is 0 Å². The molecule has 0 amide bonds. The molecule has 20 heavy (non-hydrogen) atoms. The van der Waals surface area contributed by atoms with Crippen molar-refractivity contribution < 1.29 is 9.53 Å². The van der Waals surface area contributed by atoms with Crippen molar-refractivity contribution in [2.24, 2.45) is 23.2 Å². The zero-order valence-corrected chi connectivity index (χ0v) is 12.9. The van der Waals surface area contributed by atoms with E-state index in [2.05, 4.69) is 26.5 Å². The number of ether oxygens (including phenoxy) is 1. The number of carbonyl (C=O) groups excluding carboxylic acids is 1. The van der Waals surface area contributed by atoms with Crippen LogP contribution in [0.5, 0.6) is 0 Å². The molecule has 1 unspecified atom stereocenters. The highest BCUT2D eigenvalue weighted by Crippen LogP contribution is 2.49. The third-order valence-corrected chi connectivity index (χ3v) is 5.21. The van der Waals surface area contributed by atoms with Crippen LogP contribution < -0.4 is 0 Å². The third kappa shape index (κ3) is 2.67. The summed E-state index contributed by atoms with van der Waals surface area (Å²) in [5, 5.41) is 0. The van der Waals surface area contributed by atoms with Crippen molar-refractivity contribution in [3.63, 3.8) is 0 Å². The lowest BCUT2D eigenvalue weighted by Gasteiger charge is -2.35. The molecule has 0 spiro atoms. The summed E-state index contributed by atoms with van der Waals surface area (Å²) in [5.74, 6) is 1.86. The summed E-state index contributed by atoms with van der Waals surface area (Å²) in [7, 11) is 1.71. The van der Waals surface area contributed by atoms with Crippen molar-refractivity contribution in [2.45, 2.75) is 33.1 Å². The Morgan fingerprint density at radius 2 is 2.30 bits per heavy atom. The molecular formula is C18H26O2. The molecular weight excluding hydrogens is 248 g/mol. The number of aldehydes is 1. The summed E-state index contributed by atoms with van der Waals surface area (Å²) in [6.07, 6.45) is 10.6. The maximum Gasteiger partial charge on any atom is 0.146 e. The van der Waals surface area contributed by atoms with Crippen LogP contribution in [0.3, 0.4) is 0 Å². The Kier molecular flexibility index (Phi) is 4.64. The Bertz CT molecular complexity index is 446. The SMILES string of the molecule is C=C(C)[C@@H]1CC[C@@H](C)[C@H]1CC1(COC)C=CC=C1C=O. The van der Waals surface area contributed by atoms with Crippen LogP contribution >= 0.6 is 0 Å². The monoisotopic (exact) mass is 274 g/mol. The first-order valence-corrected chi connectivity index (χ1v) is 7.53. The van der Waals surface area contributed by atoms with Gasteiger partial charge in [0, 0.05) is 18.1 Å². The van der Waals surface area contributed by atoms with E-state index < -0.39 is 0 Å². The van der Waals surface area contributed by atoms with Crippen molar-refractivity contribution in [3.8, 4) is 0 Å². The van der Waals surface area contributed by atoms with Crippen molar-refractivity contribution in [1.29, 1.82) is 0 Å². The van der Waals surface area contributed by atoms with E-state index in [-0.39, 0.29) is 5.41 Å². The van der Waals surface area contributed by atoms with Crippen molar-refractivity contribution in [1.82, 2.24) is 0 Å². The highest BCUT2D eigenvalue weighted by atomic mass is 16.5. The molecule has 0 aromatic heterocycles. The molecule has 1 saturated carbocycles. The molecule has 4 atom stereocenters. The minimum Gasteiger partial charge on any atom is -0.383 e. The Balaban J connectivity index is 2.24. The van der Waals surface area contributed by atoms with Gasteiger partial charge < -0.3 is 4.74 Å². The van der Waals surface area contributed by atoms with E-state index in [9.17, 15) is 4.79 Å². The topological polar surface area (TPSA) is 26.3 Å². The number of hydrogen-bond donors (Lipinski definition) is 0. The predicted octanol–water partition coefficient (Wildman–Crippen LogP) is 3.94. The molecule has 0 N–H and O–H groups in total. The minimum atomic E-state index is -0.229. The second kappa shape index (κ2) is 6.09. The summed E-state index contributed by atoms with van der Waals surface area (Å²) >= 11 is 0. The van der Waals surface area contributed by atoms with Crippen molar-refractivity contribution in [3.05, 3.63) is 36.0 Å². The Morgan fingerprint density at radius 3 is 2.90 bits per heavy atom. The Labute approximate surface area is 122 Å². The fourth-order valence-corrected chi connectivity index (χ4v) is 4.03. The van der Waals surface area contributed by atoms with E-state index in [1.54, 1.807) is 7.11 Å². The molecule has 2 rings (SSSR count). The largest absolute Gasteiger partial charge is 0.383 e. The van der Waals surface area contributed by atoms with Crippen LogP contribution in [0.2, 0.25) is 0 Å². The average molecular weight is 274 g/mol. The molecule has 110 valence electrons. The zero-order chi connectivity index (χ0) is 14.8. The van der Waals surface area contributed by atoms with Gasteiger partial charge in [-0.05, 0) is 43.9 Å². The lowest BCUT2D eigenvalue weighted by molar-refractivity contribution is -0.106. The van der Waals surface area contributed by atoms with E-state index in [1.165, 1.54) is 18.4 Å². The molecule has 2 aliphatic carbocycles. The number of allylic oxidation sites excluding steroid dienone is 3. The lowest BCUT2D eigenvalue weighted by atomic mass is 9.70. The molecule has 0 heterocycles. The Hall–Kier alpha value is -1.15. The summed E-state index contributed by atoms with van der Waals surface area (Å²) in [4.78, 5) is 11.4. The predicted molar refractivity (Wildman–Crippen MR) is 82.4 cm³/mol. The summed E-state index contributed by atoms with van der Waals surface area (Å²) < 4.78 is 5.43. The van der Waals surface area contributed by atoms with Gasteiger partial charge in [-0.3, -0.25) is 4.79 Å². The highest BCUT2D eigenvalue weighted by molar-refractivity contribution is 5.78. The van der Waals surface area contributed by atoms with Gasteiger partial charge in [0.15, 0.2) is 0 Å². The summed E-state index contributed by atoms with van der Waals surface area (Å²) in [5.41, 5.74) is 1.91. The smallest absolute Gasteiger partial charge is 0.146 e. The summed E-state index contributed by atoms with van der Waals surface area (Å²) in [6.45, 7) is 9.22. The van der Waals surface area contributed by atoms with E-state index in [0.29, 0.717) is 24.4 Å². The molecule has 2 nitrogen and oxygen atoms in total. The molecule has 0 aliphatic heterocycles. The van der Waals surface area contributed by atoms with Crippen LogP contribution in [0.1, 0.15) is 33.1 Å². The van der Waals surface area contributed by atoms with Crippen LogP contribution in [0.4, 0.5) is 0 Å². The maximum absolute atomic E-state index is 11.4. The van der Waals surface area contributed by atoms with Gasteiger partial charge in [0.2, 0.25) is 0 Å². The number of methoxy groups -OCH3 is 1.